The van der Waals surface area contributed by atoms with Crippen LogP contribution in [0, 0.1) is 0 Å². The highest BCUT2D eigenvalue weighted by Crippen LogP contribution is 2.18. The summed E-state index contributed by atoms with van der Waals surface area (Å²) < 4.78 is 0.946. The van der Waals surface area contributed by atoms with Crippen molar-refractivity contribution >= 4 is 33.4 Å². The van der Waals surface area contributed by atoms with Gasteiger partial charge in [0.2, 0.25) is 0 Å². The molecule has 0 aliphatic heterocycles. The Morgan fingerprint density at radius 3 is 2.76 bits per heavy atom. The summed E-state index contributed by atoms with van der Waals surface area (Å²) in [5, 5.41) is 3.07. The Balaban J connectivity index is 2.14. The Morgan fingerprint density at radius 1 is 1.38 bits per heavy atom. The number of hydrogen-bond donors (Lipinski definition) is 1. The number of carbonyl (C=O) groups is 1. The lowest BCUT2D eigenvalue weighted by molar-refractivity contribution is 0.0945. The van der Waals surface area contributed by atoms with Gasteiger partial charge in [-0.25, -0.2) is 9.97 Å². The maximum Gasteiger partial charge on any atom is 0.271 e. The summed E-state index contributed by atoms with van der Waals surface area (Å²) in [6.07, 6.45) is 1.47. The maximum atomic E-state index is 12.2. The van der Waals surface area contributed by atoms with Gasteiger partial charge in [0.05, 0.1) is 11.2 Å². The quantitative estimate of drug-likeness (QED) is 0.889. The molecule has 2 rings (SSSR count). The number of benzene rings is 1. The van der Waals surface area contributed by atoms with Crippen LogP contribution in [0.3, 0.4) is 0 Å². The van der Waals surface area contributed by atoms with Crippen LogP contribution < -0.4 is 5.32 Å². The minimum Gasteiger partial charge on any atom is -0.347 e. The third-order valence-corrected chi connectivity index (χ3v) is 3.94. The van der Waals surface area contributed by atoms with E-state index in [4.69, 9.17) is 11.6 Å². The second kappa shape index (κ2) is 7.00. The molecule has 1 amide bonds. The number of halogens is 2. The average molecular weight is 369 g/mol. The van der Waals surface area contributed by atoms with Crippen LogP contribution in [0.1, 0.15) is 41.6 Å². The van der Waals surface area contributed by atoms with Gasteiger partial charge in [-0.05, 0) is 11.6 Å². The monoisotopic (exact) mass is 367 g/mol. The van der Waals surface area contributed by atoms with Gasteiger partial charge in [-0.2, -0.15) is 0 Å². The van der Waals surface area contributed by atoms with E-state index >= 15 is 0 Å². The highest BCUT2D eigenvalue weighted by Gasteiger charge is 2.15. The molecule has 0 fully saturated rings. The van der Waals surface area contributed by atoms with Crippen LogP contribution in [0.4, 0.5) is 0 Å². The first kappa shape index (κ1) is 15.9. The fraction of sp³-hybridized carbons (Fsp3) is 0.267. The summed E-state index contributed by atoms with van der Waals surface area (Å²) in [5.41, 5.74) is 1.20. The summed E-state index contributed by atoms with van der Waals surface area (Å²) in [6, 6.07) is 7.70. The molecule has 0 unspecified atom stereocenters. The van der Waals surface area contributed by atoms with Crippen LogP contribution in [0.25, 0.3) is 0 Å². The molecule has 0 saturated heterocycles. The molecule has 4 nitrogen and oxygen atoms in total. The van der Waals surface area contributed by atoms with Gasteiger partial charge in [0.1, 0.15) is 11.5 Å². The topological polar surface area (TPSA) is 54.9 Å². The largest absolute Gasteiger partial charge is 0.347 e. The van der Waals surface area contributed by atoms with E-state index < -0.39 is 0 Å². The Morgan fingerprint density at radius 2 is 2.10 bits per heavy atom. The van der Waals surface area contributed by atoms with Crippen molar-refractivity contribution in [3.63, 3.8) is 0 Å². The van der Waals surface area contributed by atoms with Crippen molar-refractivity contribution < 1.29 is 4.79 Å². The zero-order chi connectivity index (χ0) is 15.4. The SMILES string of the molecule is CC(C)c1ncc(Cl)c(C(=O)NCc2ccccc2Br)n1. The molecule has 110 valence electrons. The Hall–Kier alpha value is -1.46. The zero-order valence-corrected chi connectivity index (χ0v) is 14.1. The molecule has 0 bridgehead atoms. The molecule has 0 radical (unpaired) electrons. The van der Waals surface area contributed by atoms with Crippen molar-refractivity contribution in [2.75, 3.05) is 0 Å². The fourth-order valence-electron chi connectivity index (χ4n) is 1.72. The highest BCUT2D eigenvalue weighted by atomic mass is 79.9. The third-order valence-electron chi connectivity index (χ3n) is 2.89. The lowest BCUT2D eigenvalue weighted by Crippen LogP contribution is -2.25. The minimum absolute atomic E-state index is 0.136. The van der Waals surface area contributed by atoms with Gasteiger partial charge in [0.15, 0.2) is 0 Å². The van der Waals surface area contributed by atoms with E-state index in [-0.39, 0.29) is 22.5 Å². The van der Waals surface area contributed by atoms with Gasteiger partial charge in [-0.15, -0.1) is 0 Å². The van der Waals surface area contributed by atoms with Crippen molar-refractivity contribution in [2.45, 2.75) is 26.3 Å². The molecule has 1 N–H and O–H groups in total. The number of nitrogens with one attached hydrogen (secondary N) is 1. The van der Waals surface area contributed by atoms with Crippen molar-refractivity contribution in [2.24, 2.45) is 0 Å². The van der Waals surface area contributed by atoms with Crippen molar-refractivity contribution in [3.8, 4) is 0 Å². The standard InChI is InChI=1S/C15H15BrClN3O/c1-9(2)14-18-8-12(17)13(20-14)15(21)19-7-10-5-3-4-6-11(10)16/h3-6,8-9H,7H2,1-2H3,(H,19,21). The highest BCUT2D eigenvalue weighted by molar-refractivity contribution is 9.10. The summed E-state index contributed by atoms with van der Waals surface area (Å²) >= 11 is 9.46. The molecular weight excluding hydrogens is 354 g/mol. The Kier molecular flexibility index (Phi) is 5.31. The number of carbonyl (C=O) groups excluding carboxylic acids is 1. The van der Waals surface area contributed by atoms with Crippen LogP contribution in [-0.2, 0) is 6.54 Å². The van der Waals surface area contributed by atoms with Gasteiger partial charge < -0.3 is 5.32 Å². The first-order chi connectivity index (χ1) is 9.99. The van der Waals surface area contributed by atoms with E-state index in [0.29, 0.717) is 12.4 Å². The van der Waals surface area contributed by atoms with E-state index in [1.165, 1.54) is 6.20 Å². The second-order valence-corrected chi connectivity index (χ2v) is 6.12. The van der Waals surface area contributed by atoms with E-state index in [2.05, 4.69) is 31.2 Å². The van der Waals surface area contributed by atoms with Crippen molar-refractivity contribution in [1.82, 2.24) is 15.3 Å². The van der Waals surface area contributed by atoms with Crippen LogP contribution in [0.5, 0.6) is 0 Å². The molecular formula is C15H15BrClN3O. The van der Waals surface area contributed by atoms with Gasteiger partial charge in [0.25, 0.3) is 5.91 Å². The predicted octanol–water partition coefficient (Wildman–Crippen LogP) is 3.95. The van der Waals surface area contributed by atoms with Crippen LogP contribution in [0.2, 0.25) is 5.02 Å². The Bertz CT molecular complexity index is 661. The number of aromatic nitrogens is 2. The van der Waals surface area contributed by atoms with Gasteiger partial charge in [-0.3, -0.25) is 4.79 Å². The maximum absolute atomic E-state index is 12.2. The zero-order valence-electron chi connectivity index (χ0n) is 11.7. The van der Waals surface area contributed by atoms with E-state index in [0.717, 1.165) is 10.0 Å². The number of amides is 1. The minimum atomic E-state index is -0.306. The second-order valence-electron chi connectivity index (χ2n) is 4.85. The van der Waals surface area contributed by atoms with Crippen molar-refractivity contribution in [1.29, 1.82) is 0 Å². The molecule has 1 heterocycles. The number of rotatable bonds is 4. The van der Waals surface area contributed by atoms with E-state index in [1.54, 1.807) is 0 Å². The normalized spacial score (nSPS) is 10.7. The average Bonchev–Trinajstić information content (AvgIpc) is 2.46. The van der Waals surface area contributed by atoms with Crippen LogP contribution >= 0.6 is 27.5 Å². The predicted molar refractivity (Wildman–Crippen MR) is 86.4 cm³/mol. The number of nitrogens with zero attached hydrogens (tertiary/aromatic N) is 2. The lowest BCUT2D eigenvalue weighted by atomic mass is 10.2. The summed E-state index contributed by atoms with van der Waals surface area (Å²) in [7, 11) is 0. The third kappa shape index (κ3) is 4.02. The Labute approximate surface area is 137 Å². The molecule has 0 aliphatic carbocycles. The smallest absolute Gasteiger partial charge is 0.271 e. The van der Waals surface area contributed by atoms with Crippen LogP contribution in [-0.4, -0.2) is 15.9 Å². The van der Waals surface area contributed by atoms with Gasteiger partial charge in [0, 0.05) is 16.9 Å². The molecule has 21 heavy (non-hydrogen) atoms. The molecule has 6 heteroatoms. The molecule has 0 saturated carbocycles. The lowest BCUT2D eigenvalue weighted by Gasteiger charge is -2.09. The fourth-order valence-corrected chi connectivity index (χ4v) is 2.32. The van der Waals surface area contributed by atoms with Gasteiger partial charge in [-0.1, -0.05) is 59.6 Å². The molecule has 1 aromatic carbocycles. The first-order valence-corrected chi connectivity index (χ1v) is 7.70. The molecule has 1 aromatic heterocycles. The van der Waals surface area contributed by atoms with E-state index in [9.17, 15) is 4.79 Å². The summed E-state index contributed by atoms with van der Waals surface area (Å²) in [5.74, 6) is 0.433. The first-order valence-electron chi connectivity index (χ1n) is 6.53. The molecule has 0 atom stereocenters. The number of hydrogen-bond acceptors (Lipinski definition) is 3. The summed E-state index contributed by atoms with van der Waals surface area (Å²) in [4.78, 5) is 20.6. The molecule has 0 aliphatic rings. The van der Waals surface area contributed by atoms with Crippen LogP contribution in [0.15, 0.2) is 34.9 Å². The molecule has 2 aromatic rings. The van der Waals surface area contributed by atoms with Crippen molar-refractivity contribution in [3.05, 3.63) is 57.0 Å². The summed E-state index contributed by atoms with van der Waals surface area (Å²) in [6.45, 7) is 4.33. The molecule has 0 spiro atoms. The van der Waals surface area contributed by atoms with E-state index in [1.807, 2.05) is 38.1 Å². The van der Waals surface area contributed by atoms with Gasteiger partial charge >= 0.3 is 0 Å².